The number of ether oxygens (including phenoxy) is 1. The topological polar surface area (TPSA) is 83.0 Å². The molecule has 0 amide bonds. The van der Waals surface area contributed by atoms with Gasteiger partial charge < -0.3 is 10.5 Å². The number of benzene rings is 1. The molecule has 1 aromatic carbocycles. The number of nitrogens with zero attached hydrogens (tertiary/aromatic N) is 3. The molecule has 1 heterocycles. The molecule has 0 fully saturated rings. The quantitative estimate of drug-likeness (QED) is 0.619. The molecule has 0 radical (unpaired) electrons. The standard InChI is InChI=1S/C14H18N4O2S/c1-2-20-14(19)13-12(10-15)18(17-16-13)8-9-21-11-6-4-3-5-7-11/h3-7H,2,8-10,15H2,1H3. The van der Waals surface area contributed by atoms with E-state index in [0.717, 1.165) is 5.75 Å². The lowest BCUT2D eigenvalue weighted by Crippen LogP contribution is -2.15. The molecular formula is C14H18N4O2S. The van der Waals surface area contributed by atoms with Crippen molar-refractivity contribution in [1.82, 2.24) is 15.0 Å². The van der Waals surface area contributed by atoms with E-state index in [1.165, 1.54) is 4.90 Å². The SMILES string of the molecule is CCOC(=O)c1nnn(CCSc2ccccc2)c1CN. The minimum absolute atomic E-state index is 0.206. The van der Waals surface area contributed by atoms with Crippen molar-refractivity contribution < 1.29 is 9.53 Å². The van der Waals surface area contributed by atoms with Gasteiger partial charge in [-0.15, -0.1) is 16.9 Å². The van der Waals surface area contributed by atoms with Gasteiger partial charge in [0.25, 0.3) is 0 Å². The summed E-state index contributed by atoms with van der Waals surface area (Å²) in [4.78, 5) is 12.9. The minimum atomic E-state index is -0.472. The summed E-state index contributed by atoms with van der Waals surface area (Å²) in [6.07, 6.45) is 0. The van der Waals surface area contributed by atoms with Crippen LogP contribution in [0.25, 0.3) is 0 Å². The van der Waals surface area contributed by atoms with Crippen molar-refractivity contribution >= 4 is 17.7 Å². The van der Waals surface area contributed by atoms with Gasteiger partial charge in [0, 0.05) is 17.2 Å². The lowest BCUT2D eigenvalue weighted by molar-refractivity contribution is 0.0518. The summed E-state index contributed by atoms with van der Waals surface area (Å²) in [5.41, 5.74) is 6.52. The highest BCUT2D eigenvalue weighted by atomic mass is 32.2. The average molecular weight is 306 g/mol. The van der Waals surface area contributed by atoms with Gasteiger partial charge in [-0.3, -0.25) is 0 Å². The highest BCUT2D eigenvalue weighted by molar-refractivity contribution is 7.99. The largest absolute Gasteiger partial charge is 0.461 e. The van der Waals surface area contributed by atoms with Gasteiger partial charge in [0.05, 0.1) is 18.8 Å². The van der Waals surface area contributed by atoms with Crippen LogP contribution in [0.5, 0.6) is 0 Å². The molecule has 0 unspecified atom stereocenters. The van der Waals surface area contributed by atoms with Gasteiger partial charge in [0.1, 0.15) is 0 Å². The summed E-state index contributed by atoms with van der Waals surface area (Å²) in [5, 5.41) is 7.87. The molecule has 0 aliphatic rings. The first-order valence-electron chi connectivity index (χ1n) is 6.73. The average Bonchev–Trinajstić information content (AvgIpc) is 2.91. The summed E-state index contributed by atoms with van der Waals surface area (Å²) in [6.45, 7) is 2.90. The molecule has 2 rings (SSSR count). The molecule has 7 heteroatoms. The van der Waals surface area contributed by atoms with E-state index < -0.39 is 5.97 Å². The predicted molar refractivity (Wildman–Crippen MR) is 81.0 cm³/mol. The van der Waals surface area contributed by atoms with Crippen molar-refractivity contribution in [1.29, 1.82) is 0 Å². The molecule has 0 saturated heterocycles. The highest BCUT2D eigenvalue weighted by Gasteiger charge is 2.19. The molecular weight excluding hydrogens is 288 g/mol. The Hall–Kier alpha value is -1.86. The molecule has 112 valence electrons. The van der Waals surface area contributed by atoms with E-state index in [9.17, 15) is 4.79 Å². The molecule has 0 saturated carbocycles. The molecule has 0 spiro atoms. The van der Waals surface area contributed by atoms with Gasteiger partial charge in [-0.2, -0.15) is 0 Å². The lowest BCUT2D eigenvalue weighted by Gasteiger charge is -2.06. The van der Waals surface area contributed by atoms with Gasteiger partial charge in [-0.1, -0.05) is 23.4 Å². The zero-order valence-corrected chi connectivity index (χ0v) is 12.7. The van der Waals surface area contributed by atoms with Crippen LogP contribution in [0.2, 0.25) is 0 Å². The molecule has 2 N–H and O–H groups in total. The van der Waals surface area contributed by atoms with Crippen LogP contribution < -0.4 is 5.73 Å². The summed E-state index contributed by atoms with van der Waals surface area (Å²) in [6, 6.07) is 10.1. The first-order valence-corrected chi connectivity index (χ1v) is 7.72. The molecule has 6 nitrogen and oxygen atoms in total. The minimum Gasteiger partial charge on any atom is -0.461 e. The van der Waals surface area contributed by atoms with E-state index >= 15 is 0 Å². The Labute approximate surface area is 127 Å². The normalized spacial score (nSPS) is 10.6. The Morgan fingerprint density at radius 3 is 2.81 bits per heavy atom. The van der Waals surface area contributed by atoms with E-state index in [2.05, 4.69) is 22.4 Å². The van der Waals surface area contributed by atoms with E-state index in [1.54, 1.807) is 23.4 Å². The Morgan fingerprint density at radius 2 is 2.14 bits per heavy atom. The van der Waals surface area contributed by atoms with Crippen LogP contribution in [-0.2, 0) is 17.8 Å². The summed E-state index contributed by atoms with van der Waals surface area (Å²) >= 11 is 1.72. The molecule has 0 aliphatic heterocycles. The summed E-state index contributed by atoms with van der Waals surface area (Å²) in [5.74, 6) is 0.350. The van der Waals surface area contributed by atoms with Gasteiger partial charge in [0.15, 0.2) is 5.69 Å². The third-order valence-electron chi connectivity index (χ3n) is 2.81. The molecule has 0 bridgehead atoms. The fourth-order valence-corrected chi connectivity index (χ4v) is 2.69. The second-order valence-corrected chi connectivity index (χ2v) is 5.36. The van der Waals surface area contributed by atoms with Crippen molar-refractivity contribution in [3.63, 3.8) is 0 Å². The number of carbonyl (C=O) groups is 1. The zero-order valence-electron chi connectivity index (χ0n) is 11.9. The Morgan fingerprint density at radius 1 is 1.38 bits per heavy atom. The molecule has 2 aromatic rings. The summed E-state index contributed by atoms with van der Waals surface area (Å²) < 4.78 is 6.61. The van der Waals surface area contributed by atoms with E-state index in [0.29, 0.717) is 18.8 Å². The van der Waals surface area contributed by atoms with Crippen LogP contribution in [0.4, 0.5) is 0 Å². The van der Waals surface area contributed by atoms with E-state index in [1.807, 2.05) is 18.2 Å². The van der Waals surface area contributed by atoms with Crippen LogP contribution in [-0.4, -0.2) is 33.3 Å². The first-order chi connectivity index (χ1) is 10.3. The second-order valence-electron chi connectivity index (χ2n) is 4.19. The van der Waals surface area contributed by atoms with E-state index in [4.69, 9.17) is 10.5 Å². The van der Waals surface area contributed by atoms with Crippen molar-refractivity contribution in [2.24, 2.45) is 5.73 Å². The smallest absolute Gasteiger partial charge is 0.360 e. The fraction of sp³-hybridized carbons (Fsp3) is 0.357. The number of esters is 1. The van der Waals surface area contributed by atoms with Crippen molar-refractivity contribution in [3.05, 3.63) is 41.7 Å². The monoisotopic (exact) mass is 306 g/mol. The molecule has 0 aliphatic carbocycles. The Bertz CT molecular complexity index is 586. The maximum Gasteiger partial charge on any atom is 0.360 e. The molecule has 1 aromatic heterocycles. The first kappa shape index (κ1) is 15.5. The third kappa shape index (κ3) is 4.05. The number of rotatable bonds is 7. The van der Waals surface area contributed by atoms with E-state index in [-0.39, 0.29) is 12.2 Å². The number of aryl methyl sites for hydroxylation is 1. The maximum atomic E-state index is 11.7. The number of hydrogen-bond donors (Lipinski definition) is 1. The second kappa shape index (κ2) is 7.80. The number of thioether (sulfide) groups is 1. The van der Waals surface area contributed by atoms with Crippen LogP contribution >= 0.6 is 11.8 Å². The number of carbonyl (C=O) groups excluding carboxylic acids is 1. The molecule has 0 atom stereocenters. The van der Waals surface area contributed by atoms with Crippen LogP contribution in [0.3, 0.4) is 0 Å². The Kier molecular flexibility index (Phi) is 5.77. The predicted octanol–water partition coefficient (Wildman–Crippen LogP) is 1.71. The maximum absolute atomic E-state index is 11.7. The van der Waals surface area contributed by atoms with Gasteiger partial charge >= 0.3 is 5.97 Å². The fourth-order valence-electron chi connectivity index (χ4n) is 1.84. The lowest BCUT2D eigenvalue weighted by atomic mass is 10.3. The zero-order chi connectivity index (χ0) is 15.1. The van der Waals surface area contributed by atoms with Crippen molar-refractivity contribution in [3.8, 4) is 0 Å². The molecule has 21 heavy (non-hydrogen) atoms. The van der Waals surface area contributed by atoms with Gasteiger partial charge in [-0.25, -0.2) is 9.48 Å². The third-order valence-corrected chi connectivity index (χ3v) is 3.81. The number of aromatic nitrogens is 3. The van der Waals surface area contributed by atoms with Crippen LogP contribution in [0.15, 0.2) is 35.2 Å². The highest BCUT2D eigenvalue weighted by Crippen LogP contribution is 2.17. The van der Waals surface area contributed by atoms with Crippen LogP contribution in [0.1, 0.15) is 23.1 Å². The van der Waals surface area contributed by atoms with Gasteiger partial charge in [0.2, 0.25) is 0 Å². The number of nitrogens with two attached hydrogens (primary N) is 1. The van der Waals surface area contributed by atoms with Gasteiger partial charge in [-0.05, 0) is 19.1 Å². The summed E-state index contributed by atoms with van der Waals surface area (Å²) in [7, 11) is 0. The van der Waals surface area contributed by atoms with Crippen molar-refractivity contribution in [2.45, 2.75) is 24.9 Å². The number of hydrogen-bond acceptors (Lipinski definition) is 6. The van der Waals surface area contributed by atoms with Crippen LogP contribution in [0, 0.1) is 0 Å². The Balaban J connectivity index is 1.98. The van der Waals surface area contributed by atoms with Crippen molar-refractivity contribution in [2.75, 3.05) is 12.4 Å².